The van der Waals surface area contributed by atoms with Crippen LogP contribution in [0, 0.1) is 17.8 Å². The number of rotatable bonds is 17. The van der Waals surface area contributed by atoms with Crippen LogP contribution in [0.3, 0.4) is 0 Å². The van der Waals surface area contributed by atoms with Crippen molar-refractivity contribution in [1.82, 2.24) is 18.6 Å². The molecule has 43 heavy (non-hydrogen) atoms. The van der Waals surface area contributed by atoms with Crippen molar-refractivity contribution in [3.8, 4) is 0 Å². The van der Waals surface area contributed by atoms with Gasteiger partial charge in [0, 0.05) is 0 Å². The molecule has 5 N–H and O–H groups in total. The van der Waals surface area contributed by atoms with Crippen LogP contribution in [0.5, 0.6) is 0 Å². The van der Waals surface area contributed by atoms with E-state index in [-0.39, 0.29) is 45.8 Å². The second kappa shape index (κ2) is 19.6. The fraction of sp³-hybridized carbons (Fsp3) is 0.781. The van der Waals surface area contributed by atoms with Crippen LogP contribution in [0.4, 0.5) is 4.79 Å². The van der Waals surface area contributed by atoms with E-state index in [0.29, 0.717) is 19.4 Å². The third kappa shape index (κ3) is 13.4. The number of halogens is 1. The number of ether oxygens (including phenoxy) is 1. The molecule has 10 nitrogen and oxygen atoms in total. The summed E-state index contributed by atoms with van der Waals surface area (Å²) >= 11 is -0.0653. The van der Waals surface area contributed by atoms with Crippen molar-refractivity contribution < 1.29 is 50.8 Å². The smallest absolute Gasteiger partial charge is 0.440 e. The molecule has 0 aromatic heterocycles. The summed E-state index contributed by atoms with van der Waals surface area (Å²) in [7, 11) is 3.70. The predicted molar refractivity (Wildman–Crippen MR) is 166 cm³/mol. The second-order valence-corrected chi connectivity index (χ2v) is 15.2. The van der Waals surface area contributed by atoms with Gasteiger partial charge in [-0.15, -0.1) is 0 Å². The molecule has 2 rings (SSSR count). The number of amides is 3. The summed E-state index contributed by atoms with van der Waals surface area (Å²) in [6.07, 6.45) is 10.5. The van der Waals surface area contributed by atoms with E-state index in [1.807, 2.05) is 33.0 Å². The number of nitrogens with zero attached hydrogens (tertiary/aromatic N) is 2. The minimum Gasteiger partial charge on any atom is -0.440 e. The molecule has 3 amide bonds. The van der Waals surface area contributed by atoms with Crippen LogP contribution >= 0.6 is 0 Å². The van der Waals surface area contributed by atoms with E-state index in [0.717, 1.165) is 57.1 Å². The van der Waals surface area contributed by atoms with Gasteiger partial charge in [0.25, 0.3) is 0 Å². The summed E-state index contributed by atoms with van der Waals surface area (Å²) in [6, 6.07) is -0.441. The van der Waals surface area contributed by atoms with Crippen LogP contribution < -0.4 is 32.1 Å². The minimum atomic E-state index is -1.00. The number of carbonyl (C=O) groups excluding carboxylic acids is 3. The molecule has 1 saturated carbocycles. The van der Waals surface area contributed by atoms with Crippen molar-refractivity contribution in [3.63, 3.8) is 0 Å². The van der Waals surface area contributed by atoms with Gasteiger partial charge in [-0.25, -0.2) is 0 Å². The Bertz CT molecular complexity index is 939. The SMILES string of the molecule is C[I-]N(C)CCN(C)C(=O)O[C@@H](CC1=CC=CCC1)C(=O)NC[C@@H](C)C(=O)N[C@@H](C1CCCCC1)[C@@H]([OH2+])[C@@H](O)CC(C)C. The summed E-state index contributed by atoms with van der Waals surface area (Å²) in [6.45, 7) is 7.10. The van der Waals surface area contributed by atoms with Crippen molar-refractivity contribution in [2.45, 2.75) is 103 Å². The summed E-state index contributed by atoms with van der Waals surface area (Å²) in [5.41, 5.74) is 1.04. The van der Waals surface area contributed by atoms with Crippen LogP contribution in [0.25, 0.3) is 0 Å². The maximum atomic E-state index is 13.3. The molecule has 0 bridgehead atoms. The first-order valence-corrected chi connectivity index (χ1v) is 19.0. The van der Waals surface area contributed by atoms with E-state index >= 15 is 0 Å². The van der Waals surface area contributed by atoms with Crippen LogP contribution in [0.1, 0.15) is 78.6 Å². The summed E-state index contributed by atoms with van der Waals surface area (Å²) in [4.78, 5) is 43.2. The van der Waals surface area contributed by atoms with Gasteiger partial charge in [0.05, 0.1) is 0 Å². The molecule has 0 radical (unpaired) electrons. The first-order chi connectivity index (χ1) is 20.4. The molecule has 0 aliphatic heterocycles. The normalized spacial score (nSPS) is 19.3. The van der Waals surface area contributed by atoms with Gasteiger partial charge in [0.2, 0.25) is 6.10 Å². The Hall–Kier alpha value is -1.70. The number of carbonyl (C=O) groups is 3. The molecule has 0 unspecified atom stereocenters. The number of likely N-dealkylation sites (N-methyl/N-ethyl adjacent to an activating group) is 2. The van der Waals surface area contributed by atoms with Crippen molar-refractivity contribution in [2.75, 3.05) is 38.7 Å². The van der Waals surface area contributed by atoms with Crippen molar-refractivity contribution in [3.05, 3.63) is 23.8 Å². The average Bonchev–Trinajstić information content (AvgIpc) is 3.00. The van der Waals surface area contributed by atoms with Gasteiger partial charge < -0.3 is 15.5 Å². The van der Waals surface area contributed by atoms with Crippen molar-refractivity contribution in [1.29, 1.82) is 0 Å². The van der Waals surface area contributed by atoms with E-state index in [4.69, 9.17) is 9.84 Å². The Morgan fingerprint density at radius 1 is 1.12 bits per heavy atom. The molecule has 248 valence electrons. The summed E-state index contributed by atoms with van der Waals surface area (Å²) < 4.78 is 7.92. The Kier molecular flexibility index (Phi) is 17.1. The standard InChI is InChI=1S/C32H56IN4O6/c1-22(2)19-26(38)29(39)28(25-15-11-8-12-16-25)35-30(40)23(3)21-34-31(41)27(20-24-13-9-7-10-14-24)43-32(42)36(5)17-18-37(6)33-4/h7,9,13,22-23,25-29,38-39H,8,10-12,14-21H2,1-6H3,(H,34,41)(H,35,40)/q-1/p+1/t23-,26+,27+,28+,29+/m1/s1. The van der Waals surface area contributed by atoms with Crippen molar-refractivity contribution >= 4 is 17.9 Å². The number of nitrogens with one attached hydrogen (secondary N) is 2. The van der Waals surface area contributed by atoms with E-state index in [1.165, 1.54) is 4.90 Å². The molecule has 2 aliphatic carbocycles. The van der Waals surface area contributed by atoms with E-state index in [1.54, 1.807) is 14.0 Å². The number of hydrogen-bond donors (Lipinski definition) is 3. The van der Waals surface area contributed by atoms with Crippen LogP contribution in [0.2, 0.25) is 0 Å². The topological polar surface area (TPSA) is 134 Å². The van der Waals surface area contributed by atoms with Gasteiger partial charge in [0.1, 0.15) is 12.1 Å². The number of alkyl halides is 1. The second-order valence-electron chi connectivity index (χ2n) is 12.6. The van der Waals surface area contributed by atoms with E-state index in [9.17, 15) is 19.5 Å². The van der Waals surface area contributed by atoms with Gasteiger partial charge in [-0.2, -0.15) is 0 Å². The Morgan fingerprint density at radius 2 is 1.81 bits per heavy atom. The van der Waals surface area contributed by atoms with Gasteiger partial charge in [-0.05, 0) is 31.1 Å². The summed E-state index contributed by atoms with van der Waals surface area (Å²) in [5.74, 6) is -0.834. The molecule has 1 fully saturated rings. The van der Waals surface area contributed by atoms with Crippen LogP contribution in [-0.2, 0) is 14.3 Å². The molecule has 0 aromatic rings. The first kappa shape index (κ1) is 37.5. The van der Waals surface area contributed by atoms with Crippen LogP contribution in [0.15, 0.2) is 23.8 Å². The first-order valence-electron chi connectivity index (χ1n) is 15.9. The Balaban J connectivity index is 2.03. The molecule has 5 atom stereocenters. The zero-order chi connectivity index (χ0) is 31.9. The predicted octanol–water partition coefficient (Wildman–Crippen LogP) is -0.0269. The molecule has 0 heterocycles. The molecule has 0 saturated heterocycles. The van der Waals surface area contributed by atoms with Gasteiger partial charge in [0.15, 0.2) is 0 Å². The third-order valence-corrected chi connectivity index (χ3v) is 10.6. The number of allylic oxidation sites excluding steroid dienone is 3. The van der Waals surface area contributed by atoms with Crippen LogP contribution in [-0.4, -0.2) is 99.1 Å². The number of aliphatic hydroxyl groups excluding tert-OH is 1. The molecule has 0 spiro atoms. The van der Waals surface area contributed by atoms with E-state index in [2.05, 4.69) is 24.8 Å². The Morgan fingerprint density at radius 3 is 2.42 bits per heavy atom. The molecule has 0 aromatic carbocycles. The van der Waals surface area contributed by atoms with Gasteiger partial charge >= 0.3 is 168 Å². The third-order valence-electron chi connectivity index (χ3n) is 8.44. The average molecular weight is 721 g/mol. The monoisotopic (exact) mass is 720 g/mol. The number of aliphatic hydroxyl groups is 1. The van der Waals surface area contributed by atoms with Gasteiger partial charge in [-0.1, -0.05) is 33.1 Å². The van der Waals surface area contributed by atoms with Gasteiger partial charge in [-0.3, -0.25) is 4.79 Å². The number of hydrogen-bond acceptors (Lipinski definition) is 6. The molecular formula is C32H57IN4O6. The fourth-order valence-corrected chi connectivity index (χ4v) is 6.25. The Labute approximate surface area is 269 Å². The quantitative estimate of drug-likeness (QED) is 0.0838. The molecular weight excluding hydrogens is 663 g/mol. The minimum absolute atomic E-state index is 0.0653. The van der Waals surface area contributed by atoms with Crippen molar-refractivity contribution in [2.24, 2.45) is 17.8 Å². The van der Waals surface area contributed by atoms with E-state index < -0.39 is 42.3 Å². The fourth-order valence-electron chi connectivity index (χ4n) is 5.55. The zero-order valence-corrected chi connectivity index (χ0v) is 29.3. The molecule has 11 heteroatoms. The maximum absolute atomic E-state index is 13.3. The zero-order valence-electron chi connectivity index (χ0n) is 27.1. The molecule has 2 aliphatic rings. The summed E-state index contributed by atoms with van der Waals surface area (Å²) in [5, 5.41) is 25.5.